The first-order valence-corrected chi connectivity index (χ1v) is 9.53. The monoisotopic (exact) mass is 482 g/mol. The quantitative estimate of drug-likeness (QED) is 0.655. The molecule has 2 aromatic rings. The van der Waals surface area contributed by atoms with Crippen LogP contribution in [0.2, 0.25) is 0 Å². The molecule has 6 nitrogen and oxygen atoms in total. The molecule has 1 heterocycles. The number of amides is 2. The van der Waals surface area contributed by atoms with Gasteiger partial charge in [0, 0.05) is 15.1 Å². The van der Waals surface area contributed by atoms with Crippen LogP contribution in [0.25, 0.3) is 0 Å². The Morgan fingerprint density at radius 2 is 1.92 bits per heavy atom. The van der Waals surface area contributed by atoms with Gasteiger partial charge >= 0.3 is 0 Å². The normalized spacial score (nSPS) is 11.9. The van der Waals surface area contributed by atoms with Crippen LogP contribution < -0.4 is 10.6 Å². The first kappa shape index (κ1) is 20.5. The summed E-state index contributed by atoms with van der Waals surface area (Å²) in [5.41, 5.74) is 1.79. The van der Waals surface area contributed by atoms with Crippen molar-refractivity contribution in [2.75, 3.05) is 24.2 Å². The zero-order valence-electron chi connectivity index (χ0n) is 14.7. The number of anilines is 2. The minimum absolute atomic E-state index is 0.0708. The number of nitrogens with zero attached hydrogens (tertiary/aromatic N) is 2. The Bertz CT molecular complexity index is 796. The van der Waals surface area contributed by atoms with Gasteiger partial charge < -0.3 is 10.6 Å². The number of carbonyl (C=O) groups is 2. The molecule has 2 N–H and O–H groups in total. The lowest BCUT2D eigenvalue weighted by Gasteiger charge is -2.23. The third-order valence-corrected chi connectivity index (χ3v) is 4.94. The highest BCUT2D eigenvalue weighted by Gasteiger charge is 2.21. The standard InChI is InChI=1S/C18H20Br2N4O2/c1-11-4-6-15(14(20)8-11)22-18(26)12(2)24(3)10-17(25)23-16-7-5-13(19)9-21-16/h4-9,12H,10H2,1-3H3,(H,22,26)(H,21,23,25). The second-order valence-electron chi connectivity index (χ2n) is 5.97. The Kier molecular flexibility index (Phi) is 7.31. The molecule has 0 aliphatic carbocycles. The van der Waals surface area contributed by atoms with Crippen molar-refractivity contribution < 1.29 is 9.59 Å². The predicted molar refractivity (Wildman–Crippen MR) is 110 cm³/mol. The number of aromatic nitrogens is 1. The van der Waals surface area contributed by atoms with Crippen LogP contribution in [0.5, 0.6) is 0 Å². The molecule has 0 fully saturated rings. The van der Waals surface area contributed by atoms with Crippen molar-refractivity contribution in [1.82, 2.24) is 9.88 Å². The van der Waals surface area contributed by atoms with E-state index in [9.17, 15) is 9.59 Å². The van der Waals surface area contributed by atoms with E-state index in [1.165, 1.54) is 0 Å². The average molecular weight is 484 g/mol. The van der Waals surface area contributed by atoms with E-state index in [0.29, 0.717) is 11.5 Å². The lowest BCUT2D eigenvalue weighted by Crippen LogP contribution is -2.43. The summed E-state index contributed by atoms with van der Waals surface area (Å²) in [7, 11) is 1.73. The fourth-order valence-electron chi connectivity index (χ4n) is 2.15. The Balaban J connectivity index is 1.90. The molecule has 8 heteroatoms. The summed E-state index contributed by atoms with van der Waals surface area (Å²) in [4.78, 5) is 30.4. The van der Waals surface area contributed by atoms with Gasteiger partial charge in [-0.25, -0.2) is 4.98 Å². The molecule has 0 saturated carbocycles. The van der Waals surface area contributed by atoms with Crippen LogP contribution >= 0.6 is 31.9 Å². The Labute approximate surface area is 169 Å². The Morgan fingerprint density at radius 3 is 2.54 bits per heavy atom. The summed E-state index contributed by atoms with van der Waals surface area (Å²) in [5, 5.41) is 5.58. The van der Waals surface area contributed by atoms with E-state index in [0.717, 1.165) is 14.5 Å². The molecule has 0 aliphatic rings. The summed E-state index contributed by atoms with van der Waals surface area (Å²) in [6.45, 7) is 3.80. The van der Waals surface area contributed by atoms with Gasteiger partial charge in [0.25, 0.3) is 0 Å². The van der Waals surface area contributed by atoms with E-state index in [2.05, 4.69) is 47.5 Å². The molecule has 0 spiro atoms. The van der Waals surface area contributed by atoms with Gasteiger partial charge in [-0.2, -0.15) is 0 Å². The van der Waals surface area contributed by atoms with Gasteiger partial charge in [0.15, 0.2) is 0 Å². The maximum absolute atomic E-state index is 12.4. The molecule has 138 valence electrons. The molecule has 0 saturated heterocycles. The Hall–Kier alpha value is -1.77. The largest absolute Gasteiger partial charge is 0.324 e. The molecule has 1 unspecified atom stereocenters. The average Bonchev–Trinajstić information content (AvgIpc) is 2.58. The molecule has 0 aliphatic heterocycles. The number of nitrogens with one attached hydrogen (secondary N) is 2. The van der Waals surface area contributed by atoms with Gasteiger partial charge in [0.1, 0.15) is 5.82 Å². The van der Waals surface area contributed by atoms with Crippen LogP contribution in [-0.4, -0.2) is 41.3 Å². The van der Waals surface area contributed by atoms with Crippen LogP contribution in [-0.2, 0) is 9.59 Å². The highest BCUT2D eigenvalue weighted by Crippen LogP contribution is 2.23. The zero-order chi connectivity index (χ0) is 19.3. The van der Waals surface area contributed by atoms with Crippen molar-refractivity contribution in [3.05, 3.63) is 51.0 Å². The van der Waals surface area contributed by atoms with Gasteiger partial charge in [-0.1, -0.05) is 6.07 Å². The van der Waals surface area contributed by atoms with E-state index < -0.39 is 6.04 Å². The van der Waals surface area contributed by atoms with Crippen molar-refractivity contribution in [2.24, 2.45) is 0 Å². The van der Waals surface area contributed by atoms with Crippen molar-refractivity contribution in [1.29, 1.82) is 0 Å². The van der Waals surface area contributed by atoms with Crippen LogP contribution in [0, 0.1) is 6.92 Å². The lowest BCUT2D eigenvalue weighted by atomic mass is 10.2. The molecule has 2 amide bonds. The lowest BCUT2D eigenvalue weighted by molar-refractivity contribution is -0.122. The van der Waals surface area contributed by atoms with Gasteiger partial charge in [0.2, 0.25) is 11.8 Å². The number of hydrogen-bond donors (Lipinski definition) is 2. The second-order valence-corrected chi connectivity index (χ2v) is 7.74. The van der Waals surface area contributed by atoms with Crippen LogP contribution in [0.15, 0.2) is 45.5 Å². The highest BCUT2D eigenvalue weighted by molar-refractivity contribution is 9.10. The number of hydrogen-bond acceptors (Lipinski definition) is 4. The van der Waals surface area contributed by atoms with E-state index >= 15 is 0 Å². The topological polar surface area (TPSA) is 74.3 Å². The van der Waals surface area contributed by atoms with E-state index in [1.807, 2.05) is 25.1 Å². The smallest absolute Gasteiger partial charge is 0.241 e. The zero-order valence-corrected chi connectivity index (χ0v) is 17.9. The van der Waals surface area contributed by atoms with Gasteiger partial charge in [-0.15, -0.1) is 0 Å². The van der Waals surface area contributed by atoms with Gasteiger partial charge in [-0.3, -0.25) is 14.5 Å². The summed E-state index contributed by atoms with van der Waals surface area (Å²) < 4.78 is 1.65. The maximum Gasteiger partial charge on any atom is 0.241 e. The second kappa shape index (κ2) is 9.25. The van der Waals surface area contributed by atoms with Crippen LogP contribution in [0.4, 0.5) is 11.5 Å². The number of benzene rings is 1. The van der Waals surface area contributed by atoms with Crippen LogP contribution in [0.1, 0.15) is 12.5 Å². The number of rotatable bonds is 6. The third kappa shape index (κ3) is 5.89. The number of aryl methyl sites for hydroxylation is 1. The summed E-state index contributed by atoms with van der Waals surface area (Å²) in [6.07, 6.45) is 1.61. The molecule has 1 atom stereocenters. The Morgan fingerprint density at radius 1 is 1.19 bits per heavy atom. The fraction of sp³-hybridized carbons (Fsp3) is 0.278. The molecule has 26 heavy (non-hydrogen) atoms. The summed E-state index contributed by atoms with van der Waals surface area (Å²) in [6, 6.07) is 8.72. The molecular weight excluding hydrogens is 464 g/mol. The van der Waals surface area contributed by atoms with Crippen molar-refractivity contribution in [3.63, 3.8) is 0 Å². The maximum atomic E-state index is 12.4. The van der Waals surface area contributed by atoms with Crippen molar-refractivity contribution in [2.45, 2.75) is 19.9 Å². The summed E-state index contributed by atoms with van der Waals surface area (Å²) in [5.74, 6) is 0.0393. The predicted octanol–water partition coefficient (Wildman–Crippen LogP) is 3.81. The number of likely N-dealkylation sites (N-methyl/N-ethyl adjacent to an activating group) is 1. The van der Waals surface area contributed by atoms with Gasteiger partial charge in [-0.05, 0) is 82.6 Å². The minimum Gasteiger partial charge on any atom is -0.324 e. The highest BCUT2D eigenvalue weighted by atomic mass is 79.9. The minimum atomic E-state index is -0.480. The van der Waals surface area contributed by atoms with E-state index in [-0.39, 0.29) is 18.4 Å². The summed E-state index contributed by atoms with van der Waals surface area (Å²) >= 11 is 6.73. The molecular formula is C18H20Br2N4O2. The first-order valence-electron chi connectivity index (χ1n) is 7.95. The van der Waals surface area contributed by atoms with Crippen molar-refractivity contribution >= 4 is 55.2 Å². The number of carbonyl (C=O) groups excluding carboxylic acids is 2. The molecule has 0 radical (unpaired) electrons. The molecule has 2 rings (SSSR count). The number of halogens is 2. The molecule has 1 aromatic carbocycles. The molecule has 0 bridgehead atoms. The molecule has 1 aromatic heterocycles. The first-order chi connectivity index (χ1) is 12.3. The van der Waals surface area contributed by atoms with E-state index in [1.54, 1.807) is 37.2 Å². The van der Waals surface area contributed by atoms with Crippen LogP contribution in [0.3, 0.4) is 0 Å². The van der Waals surface area contributed by atoms with Gasteiger partial charge in [0.05, 0.1) is 18.3 Å². The fourth-order valence-corrected chi connectivity index (χ4v) is 2.98. The third-order valence-electron chi connectivity index (χ3n) is 3.81. The SMILES string of the molecule is Cc1ccc(NC(=O)C(C)N(C)CC(=O)Nc2ccc(Br)cn2)c(Br)c1. The van der Waals surface area contributed by atoms with E-state index in [4.69, 9.17) is 0 Å². The van der Waals surface area contributed by atoms with Crippen molar-refractivity contribution in [3.8, 4) is 0 Å². The number of pyridine rings is 1.